The lowest BCUT2D eigenvalue weighted by Crippen LogP contribution is -2.14. The van der Waals surface area contributed by atoms with Crippen molar-refractivity contribution in [2.24, 2.45) is 0 Å². The van der Waals surface area contributed by atoms with E-state index in [4.69, 9.17) is 24.4 Å². The molecule has 0 spiro atoms. The molecular formula is C19H18N2O4. The van der Waals surface area contributed by atoms with Crippen molar-refractivity contribution in [3.05, 3.63) is 33.7 Å². The summed E-state index contributed by atoms with van der Waals surface area (Å²) in [4.78, 5) is 12.5. The third kappa shape index (κ3) is 3.29. The second kappa shape index (κ2) is 7.27. The van der Waals surface area contributed by atoms with E-state index in [0.717, 1.165) is 31.2 Å². The van der Waals surface area contributed by atoms with Crippen LogP contribution < -0.4 is 15.1 Å². The summed E-state index contributed by atoms with van der Waals surface area (Å²) in [5.41, 5.74) is 1.55. The predicted molar refractivity (Wildman–Crippen MR) is 90.6 cm³/mol. The van der Waals surface area contributed by atoms with Crippen molar-refractivity contribution in [2.75, 3.05) is 13.2 Å². The van der Waals surface area contributed by atoms with Gasteiger partial charge in [0.15, 0.2) is 13.2 Å². The molecule has 1 aliphatic rings. The zero-order valence-electron chi connectivity index (χ0n) is 14.0. The van der Waals surface area contributed by atoms with E-state index in [1.54, 1.807) is 12.1 Å². The molecule has 3 rings (SSSR count). The van der Waals surface area contributed by atoms with Crippen molar-refractivity contribution in [3.63, 3.8) is 0 Å². The van der Waals surface area contributed by atoms with Gasteiger partial charge in [-0.1, -0.05) is 12.8 Å². The number of rotatable bonds is 5. The van der Waals surface area contributed by atoms with Crippen molar-refractivity contribution in [1.29, 1.82) is 10.5 Å². The highest BCUT2D eigenvalue weighted by molar-refractivity contribution is 5.89. The minimum absolute atomic E-state index is 0.131. The average Bonchev–Trinajstić information content (AvgIpc) is 3.11. The monoisotopic (exact) mass is 338 g/mol. The second-order valence-electron chi connectivity index (χ2n) is 6.10. The first kappa shape index (κ1) is 16.9. The van der Waals surface area contributed by atoms with E-state index < -0.39 is 0 Å². The van der Waals surface area contributed by atoms with Crippen LogP contribution in [0.2, 0.25) is 0 Å². The van der Waals surface area contributed by atoms with Gasteiger partial charge < -0.3 is 13.9 Å². The van der Waals surface area contributed by atoms with E-state index in [1.165, 1.54) is 0 Å². The smallest absolute Gasteiger partial charge is 0.340 e. The van der Waals surface area contributed by atoms with Crippen LogP contribution in [0.15, 0.2) is 21.3 Å². The highest BCUT2D eigenvalue weighted by Crippen LogP contribution is 2.39. The highest BCUT2D eigenvalue weighted by atomic mass is 16.5. The maximum atomic E-state index is 12.5. The average molecular weight is 338 g/mol. The van der Waals surface area contributed by atoms with E-state index in [9.17, 15) is 4.79 Å². The Morgan fingerprint density at radius 2 is 1.84 bits per heavy atom. The molecule has 1 fully saturated rings. The zero-order chi connectivity index (χ0) is 17.8. The highest BCUT2D eigenvalue weighted by Gasteiger charge is 2.25. The molecule has 2 aromatic rings. The Kier molecular flexibility index (Phi) is 4.90. The van der Waals surface area contributed by atoms with Gasteiger partial charge >= 0.3 is 5.63 Å². The number of nitrogens with zero attached hydrogens (tertiary/aromatic N) is 2. The van der Waals surface area contributed by atoms with Crippen LogP contribution in [0.25, 0.3) is 11.0 Å². The largest absolute Gasteiger partial charge is 0.478 e. The summed E-state index contributed by atoms with van der Waals surface area (Å²) in [6.07, 6.45) is 4.18. The number of hydrogen-bond donors (Lipinski definition) is 0. The standard InChI is InChI=1S/C19H18N2O4/c1-12-17(13-4-2-3-5-13)19(22)25-16-11-14(23-8-6-20)10-15(18(12)16)24-9-7-21/h10-11,13H,2-5,8-9H2,1H3. The van der Waals surface area contributed by atoms with E-state index in [-0.39, 0.29) is 24.8 Å². The molecule has 0 atom stereocenters. The minimum atomic E-state index is -0.333. The molecule has 0 saturated heterocycles. The third-order valence-corrected chi connectivity index (χ3v) is 4.60. The van der Waals surface area contributed by atoms with Gasteiger partial charge in [0.2, 0.25) is 0 Å². The van der Waals surface area contributed by atoms with Gasteiger partial charge in [0.1, 0.15) is 29.2 Å². The van der Waals surface area contributed by atoms with Crippen LogP contribution in [0.3, 0.4) is 0 Å². The summed E-state index contributed by atoms with van der Waals surface area (Å²) >= 11 is 0. The summed E-state index contributed by atoms with van der Waals surface area (Å²) in [6.45, 7) is 1.63. The molecule has 6 nitrogen and oxygen atoms in total. The van der Waals surface area contributed by atoms with Gasteiger partial charge in [0.25, 0.3) is 0 Å². The van der Waals surface area contributed by atoms with Gasteiger partial charge in [-0.15, -0.1) is 0 Å². The molecule has 0 aliphatic heterocycles. The molecular weight excluding hydrogens is 320 g/mol. The Balaban J connectivity index is 2.19. The summed E-state index contributed by atoms with van der Waals surface area (Å²) < 4.78 is 16.4. The Morgan fingerprint density at radius 3 is 2.52 bits per heavy atom. The van der Waals surface area contributed by atoms with E-state index in [2.05, 4.69) is 0 Å². The fraction of sp³-hybridized carbons (Fsp3) is 0.421. The van der Waals surface area contributed by atoms with E-state index in [1.807, 2.05) is 19.1 Å². The minimum Gasteiger partial charge on any atom is -0.478 e. The normalized spacial score (nSPS) is 14.2. The number of fused-ring (bicyclic) bond motifs is 1. The van der Waals surface area contributed by atoms with Crippen LogP contribution in [0.4, 0.5) is 0 Å². The van der Waals surface area contributed by atoms with E-state index >= 15 is 0 Å². The first-order valence-electron chi connectivity index (χ1n) is 8.26. The van der Waals surface area contributed by atoms with Gasteiger partial charge in [0, 0.05) is 17.7 Å². The Labute approximate surface area is 145 Å². The lowest BCUT2D eigenvalue weighted by atomic mass is 9.93. The number of benzene rings is 1. The van der Waals surface area contributed by atoms with Crippen LogP contribution in [0.5, 0.6) is 11.5 Å². The fourth-order valence-corrected chi connectivity index (χ4v) is 3.57. The summed E-state index contributed by atoms with van der Waals surface area (Å²) in [5.74, 6) is 0.990. The zero-order valence-corrected chi connectivity index (χ0v) is 14.0. The van der Waals surface area contributed by atoms with E-state index in [0.29, 0.717) is 28.0 Å². The van der Waals surface area contributed by atoms with Gasteiger partial charge in [0.05, 0.1) is 5.39 Å². The molecule has 0 amide bonds. The van der Waals surface area contributed by atoms with Crippen LogP contribution in [0, 0.1) is 29.6 Å². The number of hydrogen-bond acceptors (Lipinski definition) is 6. The molecule has 1 heterocycles. The van der Waals surface area contributed by atoms with Gasteiger partial charge in [-0.05, 0) is 31.2 Å². The molecule has 25 heavy (non-hydrogen) atoms. The molecule has 0 unspecified atom stereocenters. The van der Waals surface area contributed by atoms with Crippen LogP contribution in [0.1, 0.15) is 42.7 Å². The molecule has 1 saturated carbocycles. The number of nitriles is 2. The maximum Gasteiger partial charge on any atom is 0.340 e. The quantitative estimate of drug-likeness (QED) is 0.773. The first-order valence-corrected chi connectivity index (χ1v) is 8.26. The van der Waals surface area contributed by atoms with Gasteiger partial charge in [-0.3, -0.25) is 0 Å². The van der Waals surface area contributed by atoms with Crippen molar-refractivity contribution in [1.82, 2.24) is 0 Å². The first-order chi connectivity index (χ1) is 12.2. The summed E-state index contributed by atoms with van der Waals surface area (Å²) in [6, 6.07) is 7.03. The van der Waals surface area contributed by atoms with Gasteiger partial charge in [-0.25, -0.2) is 4.79 Å². The molecule has 1 aromatic carbocycles. The summed E-state index contributed by atoms with van der Waals surface area (Å²) in [5, 5.41) is 18.2. The molecule has 6 heteroatoms. The SMILES string of the molecule is Cc1c(C2CCCC2)c(=O)oc2cc(OCC#N)cc(OCC#N)c12. The van der Waals surface area contributed by atoms with Crippen molar-refractivity contribution >= 4 is 11.0 Å². The van der Waals surface area contributed by atoms with Crippen LogP contribution in [-0.2, 0) is 0 Å². The lowest BCUT2D eigenvalue weighted by molar-refractivity contribution is 0.351. The molecule has 1 aromatic heterocycles. The lowest BCUT2D eigenvalue weighted by Gasteiger charge is -2.16. The van der Waals surface area contributed by atoms with Crippen molar-refractivity contribution in [3.8, 4) is 23.6 Å². The maximum absolute atomic E-state index is 12.5. The van der Waals surface area contributed by atoms with Crippen molar-refractivity contribution < 1.29 is 13.9 Å². The Bertz CT molecular complexity index is 928. The fourth-order valence-electron chi connectivity index (χ4n) is 3.57. The second-order valence-corrected chi connectivity index (χ2v) is 6.10. The third-order valence-electron chi connectivity index (χ3n) is 4.60. The molecule has 0 radical (unpaired) electrons. The molecule has 0 N–H and O–H groups in total. The Hall–Kier alpha value is -2.99. The van der Waals surface area contributed by atoms with Crippen molar-refractivity contribution in [2.45, 2.75) is 38.5 Å². The molecule has 128 valence electrons. The van der Waals surface area contributed by atoms with Crippen LogP contribution >= 0.6 is 0 Å². The molecule has 1 aliphatic carbocycles. The predicted octanol–water partition coefficient (Wildman–Crippen LogP) is 3.56. The molecule has 0 bridgehead atoms. The topological polar surface area (TPSA) is 96.2 Å². The van der Waals surface area contributed by atoms with Gasteiger partial charge in [-0.2, -0.15) is 10.5 Å². The number of ether oxygens (including phenoxy) is 2. The Morgan fingerprint density at radius 1 is 1.16 bits per heavy atom. The van der Waals surface area contributed by atoms with Crippen LogP contribution in [-0.4, -0.2) is 13.2 Å². The number of aryl methyl sites for hydroxylation is 1. The summed E-state index contributed by atoms with van der Waals surface area (Å²) in [7, 11) is 0.